The lowest BCUT2D eigenvalue weighted by Gasteiger charge is -2.08. The molecule has 0 saturated heterocycles. The first kappa shape index (κ1) is 7.81. The topological polar surface area (TPSA) is 12.0 Å². The molecular weight excluding hydrogens is 146 g/mol. The zero-order valence-electron chi connectivity index (χ0n) is 7.51. The minimum Gasteiger partial charge on any atom is -0.314 e. The van der Waals surface area contributed by atoms with Gasteiger partial charge in [0.05, 0.1) is 0 Å². The lowest BCUT2D eigenvalue weighted by atomic mass is 10.0. The Morgan fingerprint density at radius 1 is 1.25 bits per heavy atom. The van der Waals surface area contributed by atoms with Gasteiger partial charge in [0.15, 0.2) is 0 Å². The van der Waals surface area contributed by atoms with Crippen LogP contribution in [0.15, 0.2) is 24.3 Å². The van der Waals surface area contributed by atoms with Gasteiger partial charge in [0.1, 0.15) is 0 Å². The van der Waals surface area contributed by atoms with Gasteiger partial charge in [0.25, 0.3) is 0 Å². The monoisotopic (exact) mass is 161 g/mol. The van der Waals surface area contributed by atoms with Crippen molar-refractivity contribution in [2.24, 2.45) is 0 Å². The van der Waals surface area contributed by atoms with Crippen LogP contribution < -0.4 is 5.32 Å². The highest BCUT2D eigenvalue weighted by Crippen LogP contribution is 2.14. The van der Waals surface area contributed by atoms with E-state index in [4.69, 9.17) is 0 Å². The minimum absolute atomic E-state index is 0.633. The number of rotatable bonds is 0. The van der Waals surface area contributed by atoms with E-state index in [0.29, 0.717) is 6.04 Å². The molecule has 0 aromatic heterocycles. The fraction of sp³-hybridized carbons (Fsp3) is 0.455. The molecule has 1 aliphatic rings. The van der Waals surface area contributed by atoms with E-state index in [-0.39, 0.29) is 0 Å². The van der Waals surface area contributed by atoms with Crippen LogP contribution in [0.5, 0.6) is 0 Å². The molecule has 12 heavy (non-hydrogen) atoms. The molecule has 1 atom stereocenters. The Morgan fingerprint density at radius 2 is 2.00 bits per heavy atom. The number of nitrogens with one attached hydrogen (secondary N) is 1. The maximum atomic E-state index is 3.49. The van der Waals surface area contributed by atoms with E-state index >= 15 is 0 Å². The molecule has 2 rings (SSSR count). The molecule has 0 spiro atoms. The Morgan fingerprint density at radius 3 is 2.83 bits per heavy atom. The van der Waals surface area contributed by atoms with Gasteiger partial charge >= 0.3 is 0 Å². The third-order valence-corrected chi connectivity index (χ3v) is 2.53. The third kappa shape index (κ3) is 1.51. The highest BCUT2D eigenvalue weighted by atomic mass is 14.9. The van der Waals surface area contributed by atoms with E-state index in [9.17, 15) is 0 Å². The number of hydrogen-bond acceptors (Lipinski definition) is 1. The van der Waals surface area contributed by atoms with Crippen molar-refractivity contribution in [1.29, 1.82) is 0 Å². The SMILES string of the molecule is C[C@@H]1Cc2ccccc2CCN1. The van der Waals surface area contributed by atoms with E-state index in [1.54, 1.807) is 0 Å². The molecule has 1 aromatic rings. The van der Waals surface area contributed by atoms with Crippen molar-refractivity contribution in [3.05, 3.63) is 35.4 Å². The summed E-state index contributed by atoms with van der Waals surface area (Å²) in [7, 11) is 0. The van der Waals surface area contributed by atoms with Crippen LogP contribution in [0.4, 0.5) is 0 Å². The first-order valence-corrected chi connectivity index (χ1v) is 4.66. The second kappa shape index (κ2) is 3.28. The Hall–Kier alpha value is -0.820. The lowest BCUT2D eigenvalue weighted by molar-refractivity contribution is 0.568. The average Bonchev–Trinajstić information content (AvgIpc) is 2.25. The van der Waals surface area contributed by atoms with E-state index in [0.717, 1.165) is 6.54 Å². The van der Waals surface area contributed by atoms with E-state index < -0.39 is 0 Å². The molecule has 0 unspecified atom stereocenters. The zero-order valence-corrected chi connectivity index (χ0v) is 7.51. The summed E-state index contributed by atoms with van der Waals surface area (Å²) in [6.45, 7) is 3.38. The van der Waals surface area contributed by atoms with Gasteiger partial charge in [-0.15, -0.1) is 0 Å². The predicted octanol–water partition coefficient (Wildman–Crippen LogP) is 1.76. The molecule has 64 valence electrons. The van der Waals surface area contributed by atoms with Crippen LogP contribution in [-0.2, 0) is 12.8 Å². The van der Waals surface area contributed by atoms with Gasteiger partial charge in [-0.05, 0) is 37.4 Å². The van der Waals surface area contributed by atoms with E-state index in [2.05, 4.69) is 36.5 Å². The second-order valence-corrected chi connectivity index (χ2v) is 3.58. The summed E-state index contributed by atoms with van der Waals surface area (Å²) in [6, 6.07) is 9.40. The number of benzene rings is 1. The fourth-order valence-corrected chi connectivity index (χ4v) is 1.86. The molecule has 1 nitrogen and oxygen atoms in total. The summed E-state index contributed by atoms with van der Waals surface area (Å²) in [5.74, 6) is 0. The summed E-state index contributed by atoms with van der Waals surface area (Å²) in [5.41, 5.74) is 3.05. The summed E-state index contributed by atoms with van der Waals surface area (Å²) in [6.07, 6.45) is 2.36. The summed E-state index contributed by atoms with van der Waals surface area (Å²) < 4.78 is 0. The van der Waals surface area contributed by atoms with Gasteiger partial charge < -0.3 is 5.32 Å². The zero-order chi connectivity index (χ0) is 8.39. The van der Waals surface area contributed by atoms with Crippen LogP contribution in [0, 0.1) is 0 Å². The predicted molar refractivity (Wildman–Crippen MR) is 51.3 cm³/mol. The summed E-state index contributed by atoms with van der Waals surface area (Å²) >= 11 is 0. The molecule has 1 heterocycles. The molecule has 0 saturated carbocycles. The summed E-state index contributed by atoms with van der Waals surface area (Å²) in [5, 5.41) is 3.49. The number of fused-ring (bicyclic) bond motifs is 1. The van der Waals surface area contributed by atoms with Crippen molar-refractivity contribution in [3.8, 4) is 0 Å². The van der Waals surface area contributed by atoms with Gasteiger partial charge in [-0.2, -0.15) is 0 Å². The van der Waals surface area contributed by atoms with Gasteiger partial charge in [-0.25, -0.2) is 0 Å². The second-order valence-electron chi connectivity index (χ2n) is 3.58. The highest BCUT2D eigenvalue weighted by molar-refractivity contribution is 5.29. The van der Waals surface area contributed by atoms with Gasteiger partial charge in [0, 0.05) is 6.04 Å². The van der Waals surface area contributed by atoms with Crippen LogP contribution in [0.1, 0.15) is 18.1 Å². The molecule has 1 heteroatoms. The van der Waals surface area contributed by atoms with Crippen LogP contribution in [0.25, 0.3) is 0 Å². The Balaban J connectivity index is 2.31. The van der Waals surface area contributed by atoms with Crippen LogP contribution in [0.3, 0.4) is 0 Å². The van der Waals surface area contributed by atoms with Crippen molar-refractivity contribution >= 4 is 0 Å². The standard InChI is InChI=1S/C11H15N/c1-9-8-11-5-3-2-4-10(11)6-7-12-9/h2-5,9,12H,6-8H2,1H3/t9-/m1/s1. The Labute approximate surface area is 73.8 Å². The molecular formula is C11H15N. The van der Waals surface area contributed by atoms with E-state index in [1.807, 2.05) is 0 Å². The quantitative estimate of drug-likeness (QED) is 0.611. The highest BCUT2D eigenvalue weighted by Gasteiger charge is 2.10. The first-order chi connectivity index (χ1) is 5.86. The minimum atomic E-state index is 0.633. The van der Waals surface area contributed by atoms with Crippen molar-refractivity contribution in [3.63, 3.8) is 0 Å². The van der Waals surface area contributed by atoms with E-state index in [1.165, 1.54) is 24.0 Å². The van der Waals surface area contributed by atoms with Gasteiger partial charge in [-0.1, -0.05) is 24.3 Å². The lowest BCUT2D eigenvalue weighted by Crippen LogP contribution is -2.27. The average molecular weight is 161 g/mol. The van der Waals surface area contributed by atoms with Crippen LogP contribution in [-0.4, -0.2) is 12.6 Å². The van der Waals surface area contributed by atoms with Gasteiger partial charge in [-0.3, -0.25) is 0 Å². The van der Waals surface area contributed by atoms with Gasteiger partial charge in [0.2, 0.25) is 0 Å². The third-order valence-electron chi connectivity index (χ3n) is 2.53. The van der Waals surface area contributed by atoms with Crippen LogP contribution >= 0.6 is 0 Å². The van der Waals surface area contributed by atoms with Crippen molar-refractivity contribution in [2.45, 2.75) is 25.8 Å². The molecule has 0 aliphatic carbocycles. The molecule has 0 amide bonds. The molecule has 1 aliphatic heterocycles. The smallest absolute Gasteiger partial charge is 0.00793 e. The first-order valence-electron chi connectivity index (χ1n) is 4.66. The number of hydrogen-bond donors (Lipinski definition) is 1. The largest absolute Gasteiger partial charge is 0.314 e. The summed E-state index contributed by atoms with van der Waals surface area (Å²) in [4.78, 5) is 0. The molecule has 0 fully saturated rings. The van der Waals surface area contributed by atoms with Crippen molar-refractivity contribution in [1.82, 2.24) is 5.32 Å². The van der Waals surface area contributed by atoms with Crippen molar-refractivity contribution < 1.29 is 0 Å². The van der Waals surface area contributed by atoms with Crippen molar-refractivity contribution in [2.75, 3.05) is 6.54 Å². The maximum Gasteiger partial charge on any atom is 0.00793 e. The maximum absolute atomic E-state index is 3.49. The molecule has 1 N–H and O–H groups in total. The molecule has 1 aromatic carbocycles. The fourth-order valence-electron chi connectivity index (χ4n) is 1.86. The molecule has 0 radical (unpaired) electrons. The van der Waals surface area contributed by atoms with Crippen LogP contribution in [0.2, 0.25) is 0 Å². The Kier molecular flexibility index (Phi) is 2.13. The molecule has 0 bridgehead atoms. The Bertz CT molecular complexity index is 267. The normalized spacial score (nSPS) is 22.9.